The molecule has 3 unspecified atom stereocenters. The number of allylic oxidation sites excluding steroid dienone is 1. The lowest BCUT2D eigenvalue weighted by atomic mass is 10.0. The minimum absolute atomic E-state index is 0.360. The van der Waals surface area contributed by atoms with E-state index in [9.17, 15) is 20.1 Å². The largest absolute Gasteiger partial charge is 0.394 e. The number of unbranched alkanes of at least 4 members (excludes halogenated alkanes) is 22. The smallest absolute Gasteiger partial charge is 0.249 e. The zero-order chi connectivity index (χ0) is 28.8. The Morgan fingerprint density at radius 2 is 1.00 bits per heavy atom. The van der Waals surface area contributed by atoms with Crippen LogP contribution in [-0.2, 0) is 4.79 Å². The van der Waals surface area contributed by atoms with Gasteiger partial charge in [0.1, 0.15) is 6.10 Å². The van der Waals surface area contributed by atoms with Crippen LogP contribution in [0.2, 0.25) is 0 Å². The van der Waals surface area contributed by atoms with E-state index in [4.69, 9.17) is 0 Å². The van der Waals surface area contributed by atoms with Gasteiger partial charge in [-0.3, -0.25) is 4.79 Å². The lowest BCUT2D eigenvalue weighted by Crippen LogP contribution is -2.48. The van der Waals surface area contributed by atoms with Gasteiger partial charge in [0.15, 0.2) is 0 Å². The number of hydrogen-bond acceptors (Lipinski definition) is 4. The highest BCUT2D eigenvalue weighted by Crippen LogP contribution is 2.14. The number of rotatable bonds is 30. The molecular formula is C34H67NO4. The summed E-state index contributed by atoms with van der Waals surface area (Å²) in [5.41, 5.74) is 0. The Hall–Kier alpha value is -0.910. The average Bonchev–Trinajstić information content (AvgIpc) is 2.94. The molecule has 0 spiro atoms. The Bertz CT molecular complexity index is 539. The number of aliphatic hydroxyl groups is 3. The van der Waals surface area contributed by atoms with Crippen LogP contribution in [0.1, 0.15) is 174 Å². The highest BCUT2D eigenvalue weighted by molar-refractivity contribution is 5.80. The van der Waals surface area contributed by atoms with Crippen molar-refractivity contribution in [3.8, 4) is 0 Å². The quantitative estimate of drug-likeness (QED) is 0.0530. The fourth-order valence-corrected chi connectivity index (χ4v) is 5.12. The van der Waals surface area contributed by atoms with Gasteiger partial charge in [0.05, 0.1) is 18.8 Å². The zero-order valence-electron chi connectivity index (χ0n) is 26.0. The number of amides is 1. The third-order valence-corrected chi connectivity index (χ3v) is 7.88. The Morgan fingerprint density at radius 1 is 0.615 bits per heavy atom. The van der Waals surface area contributed by atoms with Crippen molar-refractivity contribution >= 4 is 5.91 Å². The molecule has 0 aliphatic heterocycles. The van der Waals surface area contributed by atoms with E-state index in [0.29, 0.717) is 6.42 Å². The molecule has 0 saturated heterocycles. The molecule has 0 radical (unpaired) electrons. The Balaban J connectivity index is 3.74. The second kappa shape index (κ2) is 30.1. The van der Waals surface area contributed by atoms with Crippen LogP contribution in [0.4, 0.5) is 0 Å². The molecule has 0 heterocycles. The summed E-state index contributed by atoms with van der Waals surface area (Å²) in [5, 5.41) is 32.8. The van der Waals surface area contributed by atoms with Crippen LogP contribution in [-0.4, -0.2) is 46.1 Å². The summed E-state index contributed by atoms with van der Waals surface area (Å²) in [6.07, 6.45) is 32.2. The predicted molar refractivity (Wildman–Crippen MR) is 167 cm³/mol. The van der Waals surface area contributed by atoms with E-state index in [-0.39, 0.29) is 6.61 Å². The molecule has 3 atom stereocenters. The first-order valence-corrected chi connectivity index (χ1v) is 17.0. The van der Waals surface area contributed by atoms with E-state index in [1.165, 1.54) is 122 Å². The van der Waals surface area contributed by atoms with Gasteiger partial charge in [-0.2, -0.15) is 0 Å². The van der Waals surface area contributed by atoms with E-state index in [1.807, 2.05) is 6.08 Å². The molecule has 0 aromatic carbocycles. The maximum atomic E-state index is 12.3. The van der Waals surface area contributed by atoms with Crippen LogP contribution >= 0.6 is 0 Å². The highest BCUT2D eigenvalue weighted by Gasteiger charge is 2.22. The molecule has 0 fully saturated rings. The third-order valence-electron chi connectivity index (χ3n) is 7.88. The summed E-state index contributed by atoms with van der Waals surface area (Å²) < 4.78 is 0. The van der Waals surface area contributed by atoms with Gasteiger partial charge in [0, 0.05) is 0 Å². The van der Waals surface area contributed by atoms with Gasteiger partial charge in [-0.25, -0.2) is 0 Å². The fraction of sp³-hybridized carbons (Fsp3) is 0.912. The zero-order valence-corrected chi connectivity index (χ0v) is 26.0. The van der Waals surface area contributed by atoms with Crippen molar-refractivity contribution in [3.05, 3.63) is 12.2 Å². The van der Waals surface area contributed by atoms with Crippen molar-refractivity contribution in [2.24, 2.45) is 0 Å². The standard InChI is InChI=1S/C34H67NO4/c1-3-5-7-9-11-13-15-16-17-18-19-21-23-25-27-29-33(38)34(39)35-31(30-36)32(37)28-26-24-22-20-14-12-10-8-6-4-2/h26,28,31-33,36-38H,3-25,27,29-30H2,1-2H3,(H,35,39)/b28-26+. The highest BCUT2D eigenvalue weighted by atomic mass is 16.3. The van der Waals surface area contributed by atoms with Crippen molar-refractivity contribution in [1.82, 2.24) is 5.32 Å². The lowest BCUT2D eigenvalue weighted by molar-refractivity contribution is -0.131. The van der Waals surface area contributed by atoms with E-state index in [0.717, 1.165) is 32.1 Å². The number of nitrogens with one attached hydrogen (secondary N) is 1. The Morgan fingerprint density at radius 3 is 1.41 bits per heavy atom. The van der Waals surface area contributed by atoms with Crippen molar-refractivity contribution in [2.45, 2.75) is 193 Å². The monoisotopic (exact) mass is 554 g/mol. The predicted octanol–water partition coefficient (Wildman–Crippen LogP) is 8.53. The van der Waals surface area contributed by atoms with Crippen LogP contribution in [0.5, 0.6) is 0 Å². The van der Waals surface area contributed by atoms with Gasteiger partial charge in [0.2, 0.25) is 5.91 Å². The third kappa shape index (κ3) is 25.8. The summed E-state index contributed by atoms with van der Waals surface area (Å²) >= 11 is 0. The fourth-order valence-electron chi connectivity index (χ4n) is 5.12. The van der Waals surface area contributed by atoms with E-state index >= 15 is 0 Å². The minimum Gasteiger partial charge on any atom is -0.394 e. The molecule has 0 aliphatic carbocycles. The normalized spacial score (nSPS) is 14.1. The van der Waals surface area contributed by atoms with E-state index in [1.54, 1.807) is 6.08 Å². The first-order valence-electron chi connectivity index (χ1n) is 17.0. The van der Waals surface area contributed by atoms with Crippen LogP contribution in [0, 0.1) is 0 Å². The number of carbonyl (C=O) groups is 1. The second-order valence-corrected chi connectivity index (χ2v) is 11.7. The van der Waals surface area contributed by atoms with Crippen LogP contribution in [0.3, 0.4) is 0 Å². The molecule has 0 rings (SSSR count). The molecule has 4 N–H and O–H groups in total. The van der Waals surface area contributed by atoms with Crippen molar-refractivity contribution in [3.63, 3.8) is 0 Å². The molecule has 0 aliphatic rings. The maximum absolute atomic E-state index is 12.3. The molecule has 0 bridgehead atoms. The van der Waals surface area contributed by atoms with E-state index < -0.39 is 24.2 Å². The number of aliphatic hydroxyl groups excluding tert-OH is 3. The summed E-state index contributed by atoms with van der Waals surface area (Å²) in [5.74, 6) is -0.505. The van der Waals surface area contributed by atoms with Gasteiger partial charge in [-0.1, -0.05) is 167 Å². The molecular weight excluding hydrogens is 486 g/mol. The lowest BCUT2D eigenvalue weighted by Gasteiger charge is -2.21. The van der Waals surface area contributed by atoms with Gasteiger partial charge in [-0.15, -0.1) is 0 Å². The summed E-state index contributed by atoms with van der Waals surface area (Å²) in [6, 6.07) is -0.789. The summed E-state index contributed by atoms with van der Waals surface area (Å²) in [7, 11) is 0. The number of hydrogen-bond donors (Lipinski definition) is 4. The van der Waals surface area contributed by atoms with Crippen molar-refractivity contribution in [2.75, 3.05) is 6.61 Å². The number of carbonyl (C=O) groups excluding carboxylic acids is 1. The average molecular weight is 554 g/mol. The van der Waals surface area contributed by atoms with Crippen LogP contribution < -0.4 is 5.32 Å². The molecule has 232 valence electrons. The van der Waals surface area contributed by atoms with Gasteiger partial charge in [0.25, 0.3) is 0 Å². The van der Waals surface area contributed by atoms with Crippen molar-refractivity contribution < 1.29 is 20.1 Å². The molecule has 5 nitrogen and oxygen atoms in total. The Kier molecular flexibility index (Phi) is 29.4. The SMILES string of the molecule is CCCCCCCCCC/C=C/C(O)C(CO)NC(=O)C(O)CCCCCCCCCCCCCCCCC. The second-order valence-electron chi connectivity index (χ2n) is 11.7. The van der Waals surface area contributed by atoms with Crippen LogP contribution in [0.15, 0.2) is 12.2 Å². The van der Waals surface area contributed by atoms with Crippen molar-refractivity contribution in [1.29, 1.82) is 0 Å². The summed E-state index contributed by atoms with van der Waals surface area (Å²) in [6.45, 7) is 4.14. The summed E-state index contributed by atoms with van der Waals surface area (Å²) in [4.78, 5) is 12.3. The molecule has 0 aromatic rings. The van der Waals surface area contributed by atoms with E-state index in [2.05, 4.69) is 19.2 Å². The molecule has 1 amide bonds. The van der Waals surface area contributed by atoms with Gasteiger partial charge < -0.3 is 20.6 Å². The minimum atomic E-state index is -1.09. The molecule has 39 heavy (non-hydrogen) atoms. The first kappa shape index (κ1) is 38.1. The van der Waals surface area contributed by atoms with Gasteiger partial charge in [-0.05, 0) is 19.3 Å². The topological polar surface area (TPSA) is 89.8 Å². The Labute approximate surface area is 242 Å². The molecule has 5 heteroatoms. The van der Waals surface area contributed by atoms with Gasteiger partial charge >= 0.3 is 0 Å². The first-order chi connectivity index (χ1) is 19.1. The molecule has 0 saturated carbocycles. The van der Waals surface area contributed by atoms with Crippen LogP contribution in [0.25, 0.3) is 0 Å². The maximum Gasteiger partial charge on any atom is 0.249 e. The molecule has 0 aromatic heterocycles.